The van der Waals surface area contributed by atoms with Crippen molar-refractivity contribution in [2.75, 3.05) is 32.1 Å². The first-order chi connectivity index (χ1) is 14.1. The number of nitrogens with zero attached hydrogens (tertiary/aromatic N) is 3. The number of alkyl halides is 2. The van der Waals surface area contributed by atoms with Gasteiger partial charge in [0.05, 0.1) is 12.8 Å². The van der Waals surface area contributed by atoms with Gasteiger partial charge >= 0.3 is 6.61 Å². The summed E-state index contributed by atoms with van der Waals surface area (Å²) in [5, 5.41) is 6.66. The molecule has 30 heavy (non-hydrogen) atoms. The van der Waals surface area contributed by atoms with Crippen molar-refractivity contribution < 1.29 is 18.3 Å². The molecule has 0 saturated carbocycles. The third kappa shape index (κ3) is 6.57. The minimum absolute atomic E-state index is 0. The van der Waals surface area contributed by atoms with Crippen molar-refractivity contribution in [2.24, 2.45) is 4.99 Å². The second kappa shape index (κ2) is 11.7. The predicted molar refractivity (Wildman–Crippen MR) is 123 cm³/mol. The molecule has 1 saturated heterocycles. The minimum atomic E-state index is -2.84. The van der Waals surface area contributed by atoms with E-state index in [2.05, 4.69) is 25.3 Å². The van der Waals surface area contributed by atoms with E-state index in [1.54, 1.807) is 38.6 Å². The maximum Gasteiger partial charge on any atom is 0.387 e. The van der Waals surface area contributed by atoms with Crippen LogP contribution in [0.15, 0.2) is 47.6 Å². The van der Waals surface area contributed by atoms with Gasteiger partial charge in [-0.1, -0.05) is 12.1 Å². The fraction of sp³-hybridized carbons (Fsp3) is 0.400. The number of benzene rings is 1. The van der Waals surface area contributed by atoms with E-state index in [0.29, 0.717) is 30.6 Å². The topological polar surface area (TPSA) is 71.0 Å². The quantitative estimate of drug-likeness (QED) is 0.324. The molecule has 1 fully saturated rings. The second-order valence-corrected chi connectivity index (χ2v) is 6.55. The number of ether oxygens (including phenoxy) is 2. The van der Waals surface area contributed by atoms with Crippen molar-refractivity contribution in [3.05, 3.63) is 48.2 Å². The number of aromatic nitrogens is 1. The molecule has 2 heterocycles. The summed E-state index contributed by atoms with van der Waals surface area (Å²) < 4.78 is 35.1. The van der Waals surface area contributed by atoms with Gasteiger partial charge in [0.25, 0.3) is 0 Å². The molecular weight excluding hydrogens is 507 g/mol. The Bertz CT molecular complexity index is 840. The van der Waals surface area contributed by atoms with Gasteiger partial charge in [-0.15, -0.1) is 24.0 Å². The molecule has 0 amide bonds. The maximum absolute atomic E-state index is 12.7. The highest BCUT2D eigenvalue weighted by atomic mass is 127. The van der Waals surface area contributed by atoms with Crippen molar-refractivity contribution in [1.82, 2.24) is 15.6 Å². The third-order valence-corrected chi connectivity index (χ3v) is 4.64. The van der Waals surface area contributed by atoms with E-state index < -0.39 is 6.61 Å². The molecule has 0 bridgehead atoms. The van der Waals surface area contributed by atoms with Gasteiger partial charge in [-0.25, -0.2) is 4.98 Å². The first kappa shape index (κ1) is 23.9. The lowest BCUT2D eigenvalue weighted by atomic mass is 10.2. The van der Waals surface area contributed by atoms with E-state index in [1.165, 1.54) is 0 Å². The lowest BCUT2D eigenvalue weighted by Gasteiger charge is -2.22. The summed E-state index contributed by atoms with van der Waals surface area (Å²) in [5.41, 5.74) is 1.69. The summed E-state index contributed by atoms with van der Waals surface area (Å²) in [6, 6.07) is 10.8. The SMILES string of the molecule is CN=C(NCc1ccnc(OC)c1)NC1CCN(c2ccccc2OC(F)F)C1.I. The van der Waals surface area contributed by atoms with Crippen LogP contribution in [0.1, 0.15) is 12.0 Å². The van der Waals surface area contributed by atoms with Crippen molar-refractivity contribution in [1.29, 1.82) is 0 Å². The smallest absolute Gasteiger partial charge is 0.387 e. The molecular formula is C20H26F2IN5O2. The van der Waals surface area contributed by atoms with Crippen LogP contribution >= 0.6 is 24.0 Å². The Morgan fingerprint density at radius 2 is 2.13 bits per heavy atom. The van der Waals surface area contributed by atoms with Gasteiger partial charge in [-0.05, 0) is 30.2 Å². The van der Waals surface area contributed by atoms with Gasteiger partial charge in [-0.2, -0.15) is 8.78 Å². The Balaban J connectivity index is 0.00000320. The molecule has 0 radical (unpaired) electrons. The largest absolute Gasteiger partial charge is 0.481 e. The van der Waals surface area contributed by atoms with Crippen LogP contribution in [0.5, 0.6) is 11.6 Å². The van der Waals surface area contributed by atoms with Crippen molar-refractivity contribution >= 4 is 35.6 Å². The molecule has 0 spiro atoms. The van der Waals surface area contributed by atoms with Crippen LogP contribution in [0.3, 0.4) is 0 Å². The van der Waals surface area contributed by atoms with Crippen LogP contribution in [0.25, 0.3) is 0 Å². The number of hydrogen-bond donors (Lipinski definition) is 2. The first-order valence-corrected chi connectivity index (χ1v) is 9.34. The Morgan fingerprint density at radius 1 is 1.33 bits per heavy atom. The molecule has 1 aromatic carbocycles. The van der Waals surface area contributed by atoms with Gasteiger partial charge in [0.1, 0.15) is 5.75 Å². The Hall–Kier alpha value is -2.37. The number of anilines is 1. The monoisotopic (exact) mass is 533 g/mol. The number of pyridine rings is 1. The summed E-state index contributed by atoms with van der Waals surface area (Å²) in [7, 11) is 3.29. The summed E-state index contributed by atoms with van der Waals surface area (Å²) in [6.45, 7) is -0.879. The van der Waals surface area contributed by atoms with E-state index in [4.69, 9.17) is 4.74 Å². The van der Waals surface area contributed by atoms with Crippen LogP contribution in [-0.4, -0.2) is 50.8 Å². The van der Waals surface area contributed by atoms with E-state index in [-0.39, 0.29) is 35.8 Å². The molecule has 3 rings (SSSR count). The number of para-hydroxylation sites is 2. The molecule has 1 aliphatic rings. The number of aliphatic imine (C=N–C) groups is 1. The summed E-state index contributed by atoms with van der Waals surface area (Å²) in [4.78, 5) is 10.4. The fourth-order valence-corrected chi connectivity index (χ4v) is 3.26. The minimum Gasteiger partial charge on any atom is -0.481 e. The lowest BCUT2D eigenvalue weighted by molar-refractivity contribution is -0.0495. The molecule has 164 valence electrons. The van der Waals surface area contributed by atoms with Crippen LogP contribution < -0.4 is 25.0 Å². The average Bonchev–Trinajstić information content (AvgIpc) is 3.19. The highest BCUT2D eigenvalue weighted by Gasteiger charge is 2.26. The number of halogens is 3. The Morgan fingerprint density at radius 3 is 2.87 bits per heavy atom. The zero-order valence-corrected chi connectivity index (χ0v) is 19.2. The number of hydrogen-bond acceptors (Lipinski definition) is 5. The van der Waals surface area contributed by atoms with Gasteiger partial charge in [0.15, 0.2) is 5.96 Å². The van der Waals surface area contributed by atoms with Crippen LogP contribution in [0, 0.1) is 0 Å². The second-order valence-electron chi connectivity index (χ2n) is 6.55. The molecule has 1 aromatic heterocycles. The van der Waals surface area contributed by atoms with E-state index in [1.807, 2.05) is 23.1 Å². The standard InChI is InChI=1S/C20H25F2N5O2.HI/c1-23-20(25-12-14-7-9-24-18(11-14)28-2)26-15-8-10-27(13-15)16-5-3-4-6-17(16)29-19(21)22;/h3-7,9,11,15,19H,8,10,12-13H2,1-2H3,(H2,23,25,26);1H. The van der Waals surface area contributed by atoms with E-state index in [0.717, 1.165) is 18.5 Å². The molecule has 2 N–H and O–H groups in total. The molecule has 1 atom stereocenters. The fourth-order valence-electron chi connectivity index (χ4n) is 3.26. The maximum atomic E-state index is 12.7. The van der Waals surface area contributed by atoms with E-state index in [9.17, 15) is 8.78 Å². The summed E-state index contributed by atoms with van der Waals surface area (Å²) >= 11 is 0. The zero-order chi connectivity index (χ0) is 20.6. The van der Waals surface area contributed by atoms with Gasteiger partial charge in [-0.3, -0.25) is 4.99 Å². The third-order valence-electron chi connectivity index (χ3n) is 4.64. The molecule has 1 aliphatic heterocycles. The summed E-state index contributed by atoms with van der Waals surface area (Å²) in [6.07, 6.45) is 2.55. The van der Waals surface area contributed by atoms with Gasteiger partial charge in [0.2, 0.25) is 5.88 Å². The van der Waals surface area contributed by atoms with Crippen molar-refractivity contribution in [2.45, 2.75) is 25.6 Å². The lowest BCUT2D eigenvalue weighted by Crippen LogP contribution is -2.44. The average molecular weight is 533 g/mol. The van der Waals surface area contributed by atoms with E-state index >= 15 is 0 Å². The normalized spacial score (nSPS) is 16.2. The number of nitrogens with one attached hydrogen (secondary N) is 2. The number of guanidine groups is 1. The molecule has 7 nitrogen and oxygen atoms in total. The zero-order valence-electron chi connectivity index (χ0n) is 16.8. The molecule has 1 unspecified atom stereocenters. The number of rotatable bonds is 7. The van der Waals surface area contributed by atoms with Crippen LogP contribution in [0.2, 0.25) is 0 Å². The van der Waals surface area contributed by atoms with Crippen LogP contribution in [0.4, 0.5) is 14.5 Å². The molecule has 10 heteroatoms. The van der Waals surface area contributed by atoms with Gasteiger partial charge in [0, 0.05) is 45.0 Å². The Labute approximate surface area is 191 Å². The van der Waals surface area contributed by atoms with Crippen LogP contribution in [-0.2, 0) is 6.54 Å². The Kier molecular flexibility index (Phi) is 9.34. The highest BCUT2D eigenvalue weighted by Crippen LogP contribution is 2.31. The summed E-state index contributed by atoms with van der Waals surface area (Å²) in [5.74, 6) is 1.42. The highest BCUT2D eigenvalue weighted by molar-refractivity contribution is 14.0. The van der Waals surface area contributed by atoms with Gasteiger partial charge < -0.3 is 25.0 Å². The van der Waals surface area contributed by atoms with Crippen molar-refractivity contribution in [3.63, 3.8) is 0 Å². The van der Waals surface area contributed by atoms with Crippen molar-refractivity contribution in [3.8, 4) is 11.6 Å². The molecule has 2 aromatic rings. The number of methoxy groups -OCH3 is 1. The predicted octanol–water partition coefficient (Wildman–Crippen LogP) is 3.25. The molecule has 0 aliphatic carbocycles. The first-order valence-electron chi connectivity index (χ1n) is 9.34.